The molecular formula is C11H20N2O2. The lowest BCUT2D eigenvalue weighted by Gasteiger charge is -2.38. The second-order valence-electron chi connectivity index (χ2n) is 5.05. The number of β-amino-alcohol motifs (C(OH)–C–C–N with tert-alkyl or cyclic N) is 1. The number of aliphatic hydroxyl groups is 1. The van der Waals surface area contributed by atoms with E-state index in [2.05, 4.69) is 4.90 Å². The molecule has 0 aromatic heterocycles. The minimum atomic E-state index is -0.604. The molecule has 1 N–H and O–H groups in total. The van der Waals surface area contributed by atoms with Crippen LogP contribution in [0.2, 0.25) is 0 Å². The van der Waals surface area contributed by atoms with Gasteiger partial charge in [0.1, 0.15) is 0 Å². The first-order chi connectivity index (χ1) is 7.07. The maximum atomic E-state index is 11.7. The van der Waals surface area contributed by atoms with E-state index in [9.17, 15) is 9.90 Å². The third-order valence-electron chi connectivity index (χ3n) is 3.32. The number of carbonyl (C=O) groups excluding carboxylic acids is 1. The SMILES string of the molecule is CC1(O)CCCN(CC(=O)N2CCC2)C1. The van der Waals surface area contributed by atoms with E-state index >= 15 is 0 Å². The zero-order chi connectivity index (χ0) is 10.9. The summed E-state index contributed by atoms with van der Waals surface area (Å²) in [6.45, 7) is 5.75. The summed E-state index contributed by atoms with van der Waals surface area (Å²) in [5.41, 5.74) is -0.604. The minimum Gasteiger partial charge on any atom is -0.389 e. The molecule has 4 nitrogen and oxygen atoms in total. The Labute approximate surface area is 90.9 Å². The second kappa shape index (κ2) is 4.10. The van der Waals surface area contributed by atoms with Gasteiger partial charge >= 0.3 is 0 Å². The summed E-state index contributed by atoms with van der Waals surface area (Å²) in [5.74, 6) is 0.221. The van der Waals surface area contributed by atoms with Crippen molar-refractivity contribution in [3.05, 3.63) is 0 Å². The van der Waals surface area contributed by atoms with Crippen LogP contribution in [-0.4, -0.2) is 59.1 Å². The Morgan fingerprint density at radius 3 is 2.60 bits per heavy atom. The van der Waals surface area contributed by atoms with Crippen LogP contribution in [0, 0.1) is 0 Å². The maximum absolute atomic E-state index is 11.7. The van der Waals surface area contributed by atoms with Gasteiger partial charge in [0.25, 0.3) is 0 Å². The summed E-state index contributed by atoms with van der Waals surface area (Å²) in [6.07, 6.45) is 2.98. The molecule has 2 fully saturated rings. The Kier molecular flexibility index (Phi) is 2.98. The van der Waals surface area contributed by atoms with Gasteiger partial charge in [0.05, 0.1) is 12.1 Å². The van der Waals surface area contributed by atoms with Crippen molar-refractivity contribution in [1.82, 2.24) is 9.80 Å². The number of amides is 1. The van der Waals surface area contributed by atoms with Crippen LogP contribution < -0.4 is 0 Å². The normalized spacial score (nSPS) is 32.5. The lowest BCUT2D eigenvalue weighted by molar-refractivity contribution is -0.137. The summed E-state index contributed by atoms with van der Waals surface area (Å²) >= 11 is 0. The fourth-order valence-corrected chi connectivity index (χ4v) is 2.32. The van der Waals surface area contributed by atoms with Gasteiger partial charge < -0.3 is 10.0 Å². The summed E-state index contributed by atoms with van der Waals surface area (Å²) in [6, 6.07) is 0. The Balaban J connectivity index is 1.80. The van der Waals surface area contributed by atoms with Gasteiger partial charge in [0.2, 0.25) is 5.91 Å². The molecule has 2 heterocycles. The second-order valence-corrected chi connectivity index (χ2v) is 5.05. The monoisotopic (exact) mass is 212 g/mol. The van der Waals surface area contributed by atoms with Gasteiger partial charge in [0.15, 0.2) is 0 Å². The molecule has 0 aromatic rings. The van der Waals surface area contributed by atoms with Crippen molar-refractivity contribution < 1.29 is 9.90 Å². The summed E-state index contributed by atoms with van der Waals surface area (Å²) < 4.78 is 0. The first kappa shape index (κ1) is 10.9. The molecule has 2 aliphatic rings. The zero-order valence-corrected chi connectivity index (χ0v) is 9.41. The molecule has 0 aromatic carbocycles. The van der Waals surface area contributed by atoms with Crippen molar-refractivity contribution in [1.29, 1.82) is 0 Å². The van der Waals surface area contributed by atoms with Gasteiger partial charge in [-0.1, -0.05) is 0 Å². The van der Waals surface area contributed by atoms with Crippen LogP contribution in [0.1, 0.15) is 26.2 Å². The van der Waals surface area contributed by atoms with E-state index < -0.39 is 5.60 Å². The lowest BCUT2D eigenvalue weighted by atomic mass is 9.95. The van der Waals surface area contributed by atoms with E-state index in [0.717, 1.165) is 38.9 Å². The maximum Gasteiger partial charge on any atom is 0.236 e. The molecule has 0 aliphatic carbocycles. The minimum absolute atomic E-state index is 0.221. The van der Waals surface area contributed by atoms with E-state index in [4.69, 9.17) is 0 Å². The van der Waals surface area contributed by atoms with E-state index in [1.165, 1.54) is 0 Å². The lowest BCUT2D eigenvalue weighted by Crippen LogP contribution is -2.52. The van der Waals surface area contributed by atoms with Crippen LogP contribution in [-0.2, 0) is 4.79 Å². The number of nitrogens with zero attached hydrogens (tertiary/aromatic N) is 2. The standard InChI is InChI=1S/C11H20N2O2/c1-11(15)4-2-5-12(9-11)8-10(14)13-6-3-7-13/h15H,2-9H2,1H3. The van der Waals surface area contributed by atoms with Crippen LogP contribution in [0.15, 0.2) is 0 Å². The Morgan fingerprint density at radius 1 is 1.33 bits per heavy atom. The zero-order valence-electron chi connectivity index (χ0n) is 9.41. The number of carbonyl (C=O) groups is 1. The van der Waals surface area contributed by atoms with Crippen molar-refractivity contribution in [3.63, 3.8) is 0 Å². The summed E-state index contributed by atoms with van der Waals surface area (Å²) in [4.78, 5) is 15.7. The number of rotatable bonds is 2. The largest absolute Gasteiger partial charge is 0.389 e. The van der Waals surface area contributed by atoms with Crippen LogP contribution in [0.25, 0.3) is 0 Å². The highest BCUT2D eigenvalue weighted by Gasteiger charge is 2.30. The van der Waals surface area contributed by atoms with Gasteiger partial charge in [-0.2, -0.15) is 0 Å². The summed E-state index contributed by atoms with van der Waals surface area (Å²) in [5, 5.41) is 9.90. The van der Waals surface area contributed by atoms with E-state index in [0.29, 0.717) is 13.1 Å². The van der Waals surface area contributed by atoms with Gasteiger partial charge in [0, 0.05) is 19.6 Å². The molecule has 15 heavy (non-hydrogen) atoms. The molecule has 2 aliphatic heterocycles. The fraction of sp³-hybridized carbons (Fsp3) is 0.909. The molecule has 0 spiro atoms. The molecule has 1 amide bonds. The fourth-order valence-electron chi connectivity index (χ4n) is 2.32. The van der Waals surface area contributed by atoms with E-state index in [-0.39, 0.29) is 5.91 Å². The van der Waals surface area contributed by atoms with Gasteiger partial charge in [-0.15, -0.1) is 0 Å². The molecule has 4 heteroatoms. The third kappa shape index (κ3) is 2.69. The van der Waals surface area contributed by atoms with Gasteiger partial charge in [-0.05, 0) is 32.7 Å². The van der Waals surface area contributed by atoms with Crippen molar-refractivity contribution in [3.8, 4) is 0 Å². The predicted molar refractivity (Wildman–Crippen MR) is 57.5 cm³/mol. The highest BCUT2D eigenvalue weighted by Crippen LogP contribution is 2.20. The topological polar surface area (TPSA) is 43.8 Å². The van der Waals surface area contributed by atoms with E-state index in [1.807, 2.05) is 11.8 Å². The number of likely N-dealkylation sites (tertiary alicyclic amines) is 2. The molecular weight excluding hydrogens is 192 g/mol. The van der Waals surface area contributed by atoms with Crippen molar-refractivity contribution in [2.24, 2.45) is 0 Å². The van der Waals surface area contributed by atoms with Crippen LogP contribution in [0.5, 0.6) is 0 Å². The molecule has 0 radical (unpaired) electrons. The average molecular weight is 212 g/mol. The van der Waals surface area contributed by atoms with Crippen LogP contribution >= 0.6 is 0 Å². The Morgan fingerprint density at radius 2 is 2.07 bits per heavy atom. The van der Waals surface area contributed by atoms with Crippen LogP contribution in [0.3, 0.4) is 0 Å². The highest BCUT2D eigenvalue weighted by atomic mass is 16.3. The van der Waals surface area contributed by atoms with Crippen molar-refractivity contribution in [2.45, 2.75) is 31.8 Å². The van der Waals surface area contributed by atoms with Crippen LogP contribution in [0.4, 0.5) is 0 Å². The molecule has 2 saturated heterocycles. The molecule has 86 valence electrons. The molecule has 0 bridgehead atoms. The quantitative estimate of drug-likeness (QED) is 0.704. The Hall–Kier alpha value is -0.610. The smallest absolute Gasteiger partial charge is 0.236 e. The third-order valence-corrected chi connectivity index (χ3v) is 3.32. The van der Waals surface area contributed by atoms with Crippen molar-refractivity contribution in [2.75, 3.05) is 32.7 Å². The van der Waals surface area contributed by atoms with E-state index in [1.54, 1.807) is 0 Å². The first-order valence-electron chi connectivity index (χ1n) is 5.79. The molecule has 1 atom stereocenters. The number of hydrogen-bond acceptors (Lipinski definition) is 3. The molecule has 2 rings (SSSR count). The number of hydrogen-bond donors (Lipinski definition) is 1. The first-order valence-corrected chi connectivity index (χ1v) is 5.79. The van der Waals surface area contributed by atoms with Gasteiger partial charge in [-0.3, -0.25) is 9.69 Å². The molecule has 0 saturated carbocycles. The average Bonchev–Trinajstić information content (AvgIpc) is 1.97. The predicted octanol–water partition coefficient (Wildman–Crippen LogP) is 0.0655. The highest BCUT2D eigenvalue weighted by molar-refractivity contribution is 5.78. The number of piperidine rings is 1. The van der Waals surface area contributed by atoms with Crippen molar-refractivity contribution >= 4 is 5.91 Å². The Bertz CT molecular complexity index is 249. The summed E-state index contributed by atoms with van der Waals surface area (Å²) in [7, 11) is 0. The van der Waals surface area contributed by atoms with Gasteiger partial charge in [-0.25, -0.2) is 0 Å². The molecule has 1 unspecified atom stereocenters.